The van der Waals surface area contributed by atoms with Gasteiger partial charge >= 0.3 is 0 Å². The molecule has 1 saturated heterocycles. The zero-order valence-electron chi connectivity index (χ0n) is 11.3. The van der Waals surface area contributed by atoms with E-state index in [0.717, 1.165) is 26.1 Å². The number of halogens is 1. The van der Waals surface area contributed by atoms with Crippen LogP contribution in [0.4, 0.5) is 0 Å². The number of carbonyl (C=O) groups is 1. The molecule has 1 heterocycles. The van der Waals surface area contributed by atoms with E-state index in [-0.39, 0.29) is 5.91 Å². The van der Waals surface area contributed by atoms with E-state index in [4.69, 9.17) is 16.3 Å². The number of rotatable bonds is 4. The summed E-state index contributed by atoms with van der Waals surface area (Å²) in [6.45, 7) is 2.48. The SMILES string of the molecule is CNC[C@@H]1CCN(C(=O)c2c(Cl)cccc2OC)C1. The van der Waals surface area contributed by atoms with Crippen molar-refractivity contribution >= 4 is 17.5 Å². The molecule has 0 radical (unpaired) electrons. The highest BCUT2D eigenvalue weighted by atomic mass is 35.5. The van der Waals surface area contributed by atoms with Gasteiger partial charge in [0, 0.05) is 13.1 Å². The van der Waals surface area contributed by atoms with Gasteiger partial charge in [0.1, 0.15) is 11.3 Å². The molecule has 0 spiro atoms. The molecule has 4 nitrogen and oxygen atoms in total. The molecule has 5 heteroatoms. The summed E-state index contributed by atoms with van der Waals surface area (Å²) in [6.07, 6.45) is 1.03. The molecule has 104 valence electrons. The van der Waals surface area contributed by atoms with Gasteiger partial charge in [-0.25, -0.2) is 0 Å². The molecular formula is C14H19ClN2O2. The van der Waals surface area contributed by atoms with Gasteiger partial charge in [-0.3, -0.25) is 4.79 Å². The monoisotopic (exact) mass is 282 g/mol. The molecule has 1 atom stereocenters. The molecular weight excluding hydrogens is 264 g/mol. The number of nitrogens with zero attached hydrogens (tertiary/aromatic N) is 1. The lowest BCUT2D eigenvalue weighted by Crippen LogP contribution is -2.30. The van der Waals surface area contributed by atoms with E-state index in [1.54, 1.807) is 25.3 Å². The van der Waals surface area contributed by atoms with E-state index in [1.807, 2.05) is 11.9 Å². The van der Waals surface area contributed by atoms with Crippen LogP contribution >= 0.6 is 11.6 Å². The highest BCUT2D eigenvalue weighted by Gasteiger charge is 2.29. The normalized spacial score (nSPS) is 18.7. The zero-order chi connectivity index (χ0) is 13.8. The highest BCUT2D eigenvalue weighted by Crippen LogP contribution is 2.29. The van der Waals surface area contributed by atoms with Crippen molar-refractivity contribution in [2.45, 2.75) is 6.42 Å². The van der Waals surface area contributed by atoms with Gasteiger partial charge in [0.15, 0.2) is 0 Å². The fourth-order valence-electron chi connectivity index (χ4n) is 2.51. The molecule has 0 saturated carbocycles. The number of ether oxygens (including phenoxy) is 1. The van der Waals surface area contributed by atoms with Crippen molar-refractivity contribution in [3.8, 4) is 5.75 Å². The Labute approximate surface area is 118 Å². The summed E-state index contributed by atoms with van der Waals surface area (Å²) < 4.78 is 5.24. The molecule has 0 aromatic heterocycles. The number of likely N-dealkylation sites (tertiary alicyclic amines) is 1. The van der Waals surface area contributed by atoms with E-state index < -0.39 is 0 Å². The number of amides is 1. The van der Waals surface area contributed by atoms with Crippen LogP contribution in [0.3, 0.4) is 0 Å². The van der Waals surface area contributed by atoms with Gasteiger partial charge in [0.2, 0.25) is 0 Å². The summed E-state index contributed by atoms with van der Waals surface area (Å²) >= 11 is 6.14. The second kappa shape index (κ2) is 6.26. The summed E-state index contributed by atoms with van der Waals surface area (Å²) in [5.41, 5.74) is 0.469. The number of carbonyl (C=O) groups excluding carboxylic acids is 1. The van der Waals surface area contributed by atoms with Gasteiger partial charge in [0.25, 0.3) is 5.91 Å². The second-order valence-electron chi connectivity index (χ2n) is 4.78. The van der Waals surface area contributed by atoms with Crippen LogP contribution in [0.2, 0.25) is 5.02 Å². The average molecular weight is 283 g/mol. The summed E-state index contributed by atoms with van der Waals surface area (Å²) in [5, 5.41) is 3.60. The van der Waals surface area contributed by atoms with Crippen molar-refractivity contribution in [1.29, 1.82) is 0 Å². The van der Waals surface area contributed by atoms with E-state index >= 15 is 0 Å². The van der Waals surface area contributed by atoms with Crippen LogP contribution in [-0.4, -0.2) is 44.6 Å². The van der Waals surface area contributed by atoms with Gasteiger partial charge in [-0.05, 0) is 38.1 Å². The highest BCUT2D eigenvalue weighted by molar-refractivity contribution is 6.34. The summed E-state index contributed by atoms with van der Waals surface area (Å²) in [7, 11) is 3.48. The van der Waals surface area contributed by atoms with Crippen LogP contribution in [0.5, 0.6) is 5.75 Å². The Kier molecular flexibility index (Phi) is 4.66. The number of benzene rings is 1. The molecule has 1 aromatic rings. The minimum atomic E-state index is -0.0407. The van der Waals surface area contributed by atoms with E-state index in [1.165, 1.54) is 0 Å². The fraction of sp³-hybridized carbons (Fsp3) is 0.500. The molecule has 2 rings (SSSR count). The topological polar surface area (TPSA) is 41.6 Å². The molecule has 0 unspecified atom stereocenters. The third-order valence-corrected chi connectivity index (χ3v) is 3.79. The first-order valence-corrected chi connectivity index (χ1v) is 6.81. The summed E-state index contributed by atoms with van der Waals surface area (Å²) in [4.78, 5) is 14.4. The second-order valence-corrected chi connectivity index (χ2v) is 5.19. The van der Waals surface area contributed by atoms with Gasteiger partial charge in [-0.2, -0.15) is 0 Å². The summed E-state index contributed by atoms with van der Waals surface area (Å²) in [6, 6.07) is 5.27. The maximum atomic E-state index is 12.5. The molecule has 1 aliphatic rings. The third kappa shape index (κ3) is 3.01. The molecule has 1 N–H and O–H groups in total. The molecule has 19 heavy (non-hydrogen) atoms. The Morgan fingerprint density at radius 2 is 2.37 bits per heavy atom. The lowest BCUT2D eigenvalue weighted by atomic mass is 10.1. The van der Waals surface area contributed by atoms with Crippen molar-refractivity contribution < 1.29 is 9.53 Å². The molecule has 1 aromatic carbocycles. The van der Waals surface area contributed by atoms with Crippen molar-refractivity contribution in [2.75, 3.05) is 33.8 Å². The summed E-state index contributed by atoms with van der Waals surface area (Å²) in [5.74, 6) is 1.01. The van der Waals surface area contributed by atoms with Gasteiger partial charge < -0.3 is 15.0 Å². The Morgan fingerprint density at radius 1 is 1.58 bits per heavy atom. The standard InChI is InChI=1S/C14H19ClN2O2/c1-16-8-10-6-7-17(9-10)14(18)13-11(15)4-3-5-12(13)19-2/h3-5,10,16H,6-9H2,1-2H3/t10-/m0/s1. The van der Waals surface area contributed by atoms with Crippen LogP contribution in [0.25, 0.3) is 0 Å². The van der Waals surface area contributed by atoms with Crippen LogP contribution in [0.15, 0.2) is 18.2 Å². The Hall–Kier alpha value is -1.26. The minimum Gasteiger partial charge on any atom is -0.496 e. The van der Waals surface area contributed by atoms with E-state index in [0.29, 0.717) is 22.3 Å². The number of hydrogen-bond acceptors (Lipinski definition) is 3. The van der Waals surface area contributed by atoms with Crippen LogP contribution < -0.4 is 10.1 Å². The zero-order valence-corrected chi connectivity index (χ0v) is 12.0. The predicted molar refractivity (Wildman–Crippen MR) is 75.9 cm³/mol. The molecule has 0 aliphatic carbocycles. The first-order valence-electron chi connectivity index (χ1n) is 6.43. The maximum absolute atomic E-state index is 12.5. The molecule has 1 aliphatic heterocycles. The van der Waals surface area contributed by atoms with Crippen LogP contribution in [0.1, 0.15) is 16.8 Å². The molecule has 1 fully saturated rings. The first kappa shape index (κ1) is 14.2. The van der Waals surface area contributed by atoms with Gasteiger partial charge in [0.05, 0.1) is 12.1 Å². The Balaban J connectivity index is 2.17. The first-order chi connectivity index (χ1) is 9.17. The quantitative estimate of drug-likeness (QED) is 0.919. The largest absolute Gasteiger partial charge is 0.496 e. The minimum absolute atomic E-state index is 0.0407. The average Bonchev–Trinajstić information content (AvgIpc) is 2.86. The lowest BCUT2D eigenvalue weighted by Gasteiger charge is -2.19. The number of hydrogen-bond donors (Lipinski definition) is 1. The fourth-order valence-corrected chi connectivity index (χ4v) is 2.76. The maximum Gasteiger partial charge on any atom is 0.259 e. The van der Waals surface area contributed by atoms with E-state index in [2.05, 4.69) is 5.32 Å². The van der Waals surface area contributed by atoms with Crippen molar-refractivity contribution in [1.82, 2.24) is 10.2 Å². The smallest absolute Gasteiger partial charge is 0.259 e. The molecule has 1 amide bonds. The Morgan fingerprint density at radius 3 is 3.05 bits per heavy atom. The van der Waals surface area contributed by atoms with Crippen molar-refractivity contribution in [3.63, 3.8) is 0 Å². The van der Waals surface area contributed by atoms with Crippen molar-refractivity contribution in [3.05, 3.63) is 28.8 Å². The van der Waals surface area contributed by atoms with Crippen LogP contribution in [-0.2, 0) is 0 Å². The number of methoxy groups -OCH3 is 1. The number of nitrogens with one attached hydrogen (secondary N) is 1. The van der Waals surface area contributed by atoms with E-state index in [9.17, 15) is 4.79 Å². The lowest BCUT2D eigenvalue weighted by molar-refractivity contribution is 0.0784. The molecule has 0 bridgehead atoms. The van der Waals surface area contributed by atoms with Crippen LogP contribution in [0, 0.1) is 5.92 Å². The van der Waals surface area contributed by atoms with Gasteiger partial charge in [-0.15, -0.1) is 0 Å². The third-order valence-electron chi connectivity index (χ3n) is 3.48. The van der Waals surface area contributed by atoms with Crippen molar-refractivity contribution in [2.24, 2.45) is 5.92 Å². The predicted octanol–water partition coefficient (Wildman–Crippen LogP) is 2.03. The van der Waals surface area contributed by atoms with Gasteiger partial charge in [-0.1, -0.05) is 17.7 Å². The Bertz CT molecular complexity index is 465.